The van der Waals surface area contributed by atoms with E-state index in [1.807, 2.05) is 17.6 Å². The minimum absolute atomic E-state index is 0.0601. The average Bonchev–Trinajstić information content (AvgIpc) is 3.38. The van der Waals surface area contributed by atoms with Crippen LogP contribution < -0.4 is 14.8 Å². The summed E-state index contributed by atoms with van der Waals surface area (Å²) in [6.45, 7) is 4.65. The smallest absolute Gasteiger partial charge is 0.349 e. The molecule has 0 atom stereocenters. The van der Waals surface area contributed by atoms with E-state index in [0.717, 1.165) is 23.2 Å². The van der Waals surface area contributed by atoms with Gasteiger partial charge in [-0.3, -0.25) is 4.98 Å². The number of methoxy groups -OCH3 is 1. The maximum atomic E-state index is 14.6. The topological polar surface area (TPSA) is 85.6 Å². The highest BCUT2D eigenvalue weighted by Crippen LogP contribution is 2.37. The first-order valence-corrected chi connectivity index (χ1v) is 11.4. The van der Waals surface area contributed by atoms with Crippen LogP contribution in [0.5, 0.6) is 11.5 Å². The zero-order chi connectivity index (χ0) is 24.4. The Hall–Kier alpha value is -3.66. The number of nitrogens with zero attached hydrogens (tertiary/aromatic N) is 2. The third-order valence-electron chi connectivity index (χ3n) is 5.35. The van der Waals surface area contributed by atoms with Crippen molar-refractivity contribution in [2.75, 3.05) is 25.6 Å². The molecule has 0 radical (unpaired) electrons. The maximum Gasteiger partial charge on any atom is 0.349 e. The van der Waals surface area contributed by atoms with Gasteiger partial charge in [0.05, 0.1) is 41.7 Å². The number of fused-ring (bicyclic) bond motifs is 1. The zero-order valence-corrected chi connectivity index (χ0v) is 19.6. The van der Waals surface area contributed by atoms with Crippen LogP contribution in [0, 0.1) is 18.6 Å². The van der Waals surface area contributed by atoms with Gasteiger partial charge in [0, 0.05) is 30.2 Å². The Kier molecular flexibility index (Phi) is 6.69. The van der Waals surface area contributed by atoms with Gasteiger partial charge in [-0.2, -0.15) is 0 Å². The fraction of sp³-hybridized carbons (Fsp3) is 0.250. The van der Waals surface area contributed by atoms with Crippen molar-refractivity contribution in [3.63, 3.8) is 0 Å². The molecular weight excluding hydrogens is 464 g/mol. The summed E-state index contributed by atoms with van der Waals surface area (Å²) in [5, 5.41) is 13.1. The van der Waals surface area contributed by atoms with Crippen LogP contribution in [0.1, 0.15) is 22.3 Å². The molecule has 7 nitrogen and oxygen atoms in total. The lowest BCUT2D eigenvalue weighted by atomic mass is 10.2. The summed E-state index contributed by atoms with van der Waals surface area (Å²) >= 11 is 1.01. The van der Waals surface area contributed by atoms with Gasteiger partial charge in [-0.05, 0) is 38.1 Å². The molecule has 0 aliphatic carbocycles. The van der Waals surface area contributed by atoms with Crippen LogP contribution in [0.25, 0.3) is 21.5 Å². The molecule has 2 N–H and O–H groups in total. The van der Waals surface area contributed by atoms with Gasteiger partial charge in [-0.15, -0.1) is 11.3 Å². The number of carbonyl (C=O) groups is 1. The van der Waals surface area contributed by atoms with Crippen LogP contribution in [-0.2, 0) is 6.54 Å². The number of ether oxygens (including phenoxy) is 2. The minimum Gasteiger partial charge on any atom is -0.496 e. The van der Waals surface area contributed by atoms with Gasteiger partial charge in [0.1, 0.15) is 17.3 Å². The van der Waals surface area contributed by atoms with Crippen molar-refractivity contribution in [2.45, 2.75) is 20.4 Å². The van der Waals surface area contributed by atoms with Gasteiger partial charge in [0.2, 0.25) is 0 Å². The number of aryl methyl sites for hydroxylation is 1. The fourth-order valence-electron chi connectivity index (χ4n) is 3.83. The second-order valence-corrected chi connectivity index (χ2v) is 8.52. The molecule has 0 amide bonds. The fourth-order valence-corrected chi connectivity index (χ4v) is 4.74. The number of carboxylic acids is 1. The Labute approximate surface area is 198 Å². The van der Waals surface area contributed by atoms with Crippen LogP contribution in [0.2, 0.25) is 0 Å². The van der Waals surface area contributed by atoms with E-state index in [2.05, 4.69) is 10.3 Å². The number of hydrogen-bond donors (Lipinski definition) is 2. The largest absolute Gasteiger partial charge is 0.496 e. The van der Waals surface area contributed by atoms with Crippen molar-refractivity contribution >= 4 is 33.9 Å². The Bertz CT molecular complexity index is 1370. The predicted molar refractivity (Wildman–Crippen MR) is 127 cm³/mol. The molecule has 0 aliphatic heterocycles. The van der Waals surface area contributed by atoms with E-state index in [1.54, 1.807) is 19.1 Å². The number of thiophene rings is 1. The van der Waals surface area contributed by atoms with Crippen molar-refractivity contribution in [3.8, 4) is 22.1 Å². The lowest BCUT2D eigenvalue weighted by Crippen LogP contribution is -2.13. The molecule has 0 unspecified atom stereocenters. The highest BCUT2D eigenvalue weighted by molar-refractivity contribution is 7.17. The zero-order valence-electron chi connectivity index (χ0n) is 18.8. The van der Waals surface area contributed by atoms with E-state index >= 15 is 0 Å². The lowest BCUT2D eigenvalue weighted by molar-refractivity contribution is 0.0698. The number of nitrogens with one attached hydrogen (secondary N) is 1. The van der Waals surface area contributed by atoms with Crippen LogP contribution in [-0.4, -0.2) is 40.9 Å². The lowest BCUT2D eigenvalue weighted by Gasteiger charge is -2.12. The molecule has 10 heteroatoms. The molecule has 4 aromatic rings. The second kappa shape index (κ2) is 9.68. The summed E-state index contributed by atoms with van der Waals surface area (Å²) in [4.78, 5) is 16.2. The monoisotopic (exact) mass is 487 g/mol. The third kappa shape index (κ3) is 4.41. The quantitative estimate of drug-likeness (QED) is 0.321. The Morgan fingerprint density at radius 2 is 2.00 bits per heavy atom. The molecule has 3 aromatic heterocycles. The predicted octanol–water partition coefficient (Wildman–Crippen LogP) is 5.57. The summed E-state index contributed by atoms with van der Waals surface area (Å²) in [6, 6.07) is 7.92. The van der Waals surface area contributed by atoms with Crippen LogP contribution >= 0.6 is 11.3 Å². The van der Waals surface area contributed by atoms with Gasteiger partial charge in [-0.1, -0.05) is 0 Å². The normalized spacial score (nSPS) is 11.1. The van der Waals surface area contributed by atoms with E-state index < -0.39 is 11.8 Å². The van der Waals surface area contributed by atoms with Gasteiger partial charge < -0.3 is 24.5 Å². The van der Waals surface area contributed by atoms with Crippen molar-refractivity contribution in [3.05, 3.63) is 58.7 Å². The molecule has 0 saturated heterocycles. The van der Waals surface area contributed by atoms with Crippen LogP contribution in [0.3, 0.4) is 0 Å². The van der Waals surface area contributed by atoms with Crippen LogP contribution in [0.4, 0.5) is 14.5 Å². The molecule has 178 valence electrons. The van der Waals surface area contributed by atoms with Gasteiger partial charge in [-0.25, -0.2) is 13.6 Å². The SMILES string of the molecule is CCOc1cc(-c2cc(NCCn3c(C)cc4c(OC)ccc(F)c43)c(F)cn2)sc1C(=O)O. The number of aromatic nitrogens is 2. The third-order valence-corrected chi connectivity index (χ3v) is 6.47. The molecule has 0 aliphatic rings. The Morgan fingerprint density at radius 3 is 2.71 bits per heavy atom. The van der Waals surface area contributed by atoms with Crippen molar-refractivity contribution in [1.82, 2.24) is 9.55 Å². The van der Waals surface area contributed by atoms with Crippen molar-refractivity contribution in [2.24, 2.45) is 0 Å². The standard InChI is InChI=1S/C24H23F2N3O4S/c1-4-33-20-11-21(34-23(20)24(30)31)18-10-17(16(26)12-28-18)27-7-8-29-13(2)9-14-19(32-3)6-5-15(25)22(14)29/h5-6,9-12H,4,7-8H2,1-3H3,(H,27,28)(H,30,31). The molecular formula is C24H23F2N3O4S. The van der Waals surface area contributed by atoms with E-state index in [0.29, 0.717) is 46.9 Å². The molecule has 3 heterocycles. The number of anilines is 1. The Morgan fingerprint density at radius 1 is 1.21 bits per heavy atom. The van der Waals surface area contributed by atoms with Crippen molar-refractivity contribution in [1.29, 1.82) is 0 Å². The average molecular weight is 488 g/mol. The summed E-state index contributed by atoms with van der Waals surface area (Å²) in [5.74, 6) is -1.18. The van der Waals surface area contributed by atoms with Crippen molar-refractivity contribution < 1.29 is 28.2 Å². The number of aromatic carboxylic acids is 1. The minimum atomic E-state index is -1.10. The first-order chi connectivity index (χ1) is 16.3. The van der Waals surface area contributed by atoms with Gasteiger partial charge >= 0.3 is 5.97 Å². The molecule has 1 aromatic carbocycles. The van der Waals surface area contributed by atoms with E-state index in [-0.39, 0.29) is 22.1 Å². The molecule has 0 saturated carbocycles. The summed E-state index contributed by atoms with van der Waals surface area (Å²) in [5.41, 5.74) is 1.90. The Balaban J connectivity index is 1.57. The molecule has 34 heavy (non-hydrogen) atoms. The van der Waals surface area contributed by atoms with E-state index in [9.17, 15) is 18.7 Å². The number of carboxylic acid groups (broad SMARTS) is 1. The highest BCUT2D eigenvalue weighted by atomic mass is 32.1. The van der Waals surface area contributed by atoms with E-state index in [4.69, 9.17) is 9.47 Å². The van der Waals surface area contributed by atoms with Crippen LogP contribution in [0.15, 0.2) is 36.5 Å². The molecule has 0 bridgehead atoms. The first kappa shape index (κ1) is 23.5. The maximum absolute atomic E-state index is 14.6. The molecule has 4 rings (SSSR count). The first-order valence-electron chi connectivity index (χ1n) is 10.6. The molecule has 0 spiro atoms. The summed E-state index contributed by atoms with van der Waals surface area (Å²) < 4.78 is 41.6. The number of hydrogen-bond acceptors (Lipinski definition) is 6. The van der Waals surface area contributed by atoms with Gasteiger partial charge in [0.15, 0.2) is 10.7 Å². The molecule has 0 fully saturated rings. The highest BCUT2D eigenvalue weighted by Gasteiger charge is 2.19. The number of halogens is 2. The summed E-state index contributed by atoms with van der Waals surface area (Å²) in [6.07, 6.45) is 1.08. The number of benzene rings is 1. The van der Waals surface area contributed by atoms with E-state index in [1.165, 1.54) is 19.2 Å². The van der Waals surface area contributed by atoms with Gasteiger partial charge in [0.25, 0.3) is 0 Å². The number of pyridine rings is 1. The number of rotatable bonds is 9. The summed E-state index contributed by atoms with van der Waals surface area (Å²) in [7, 11) is 1.54. The second-order valence-electron chi connectivity index (χ2n) is 7.47.